The first kappa shape index (κ1) is 27.6. The maximum absolute atomic E-state index is 12.0. The van der Waals surface area contributed by atoms with Gasteiger partial charge in [-0.05, 0) is 13.8 Å². The third-order valence-electron chi connectivity index (χ3n) is 4.13. The van der Waals surface area contributed by atoms with E-state index in [0.29, 0.717) is 5.71 Å². The van der Waals surface area contributed by atoms with Crippen molar-refractivity contribution in [3.63, 3.8) is 0 Å². The molecular formula is C13H21N6O13P3. The second kappa shape index (κ2) is 10.2. The molecule has 1 aliphatic heterocycles. The number of aromatic amines is 1. The standard InChI is InChI=1S/C13H21N6O13P3/c1-6(2)18-30-7-3-9(19-5-15-10-11(19)16-13(14)17-12(10)20)29-8(7)4-28-34(24,25)32-35(26,27)31-33(21,22)23/h5,7-9H,3-4H2,1-2H3,(H,24,25)(H,26,27)(H2,21,22,23)(H3,14,16,17,20)/t7-,8+,9+/m0/s1. The fourth-order valence-electron chi connectivity index (χ4n) is 2.93. The van der Waals surface area contributed by atoms with Crippen molar-refractivity contribution >= 4 is 46.3 Å². The molecule has 0 bridgehead atoms. The summed E-state index contributed by atoms with van der Waals surface area (Å²) in [7, 11) is -16.6. The van der Waals surface area contributed by atoms with E-state index in [1.807, 2.05) is 0 Å². The zero-order valence-corrected chi connectivity index (χ0v) is 20.6. The molecule has 2 aromatic rings. The van der Waals surface area contributed by atoms with Gasteiger partial charge in [0.25, 0.3) is 5.56 Å². The number of fused-ring (bicyclic) bond motifs is 1. The predicted molar refractivity (Wildman–Crippen MR) is 115 cm³/mol. The third-order valence-corrected chi connectivity index (χ3v) is 7.93. The van der Waals surface area contributed by atoms with Crippen LogP contribution in [0.1, 0.15) is 26.5 Å². The largest absolute Gasteiger partial charge is 0.490 e. The average Bonchev–Trinajstić information content (AvgIpc) is 3.25. The smallest absolute Gasteiger partial charge is 0.389 e. The molecule has 5 atom stereocenters. The normalized spacial score (nSPS) is 24.1. The minimum Gasteiger partial charge on any atom is -0.389 e. The van der Waals surface area contributed by atoms with Crippen molar-refractivity contribution in [2.75, 3.05) is 12.3 Å². The van der Waals surface area contributed by atoms with Crippen LogP contribution in [0.3, 0.4) is 0 Å². The number of ether oxygens (including phenoxy) is 1. The molecule has 35 heavy (non-hydrogen) atoms. The summed E-state index contributed by atoms with van der Waals surface area (Å²) in [6.07, 6.45) is -1.61. The summed E-state index contributed by atoms with van der Waals surface area (Å²) in [4.78, 5) is 63.8. The van der Waals surface area contributed by atoms with Gasteiger partial charge in [-0.3, -0.25) is 18.9 Å². The van der Waals surface area contributed by atoms with Crippen molar-refractivity contribution in [1.82, 2.24) is 19.5 Å². The van der Waals surface area contributed by atoms with Crippen LogP contribution in [0.5, 0.6) is 0 Å². The van der Waals surface area contributed by atoms with Crippen molar-refractivity contribution in [1.29, 1.82) is 0 Å². The lowest BCUT2D eigenvalue weighted by atomic mass is 10.2. The van der Waals surface area contributed by atoms with Gasteiger partial charge >= 0.3 is 23.5 Å². The lowest BCUT2D eigenvalue weighted by molar-refractivity contribution is -0.0586. The minimum atomic E-state index is -5.69. The number of nitrogens with two attached hydrogens (primary N) is 1. The van der Waals surface area contributed by atoms with E-state index in [2.05, 4.69) is 33.3 Å². The fraction of sp³-hybridized carbons (Fsp3) is 0.538. The Morgan fingerprint density at radius 1 is 1.26 bits per heavy atom. The molecule has 22 heteroatoms. The molecule has 1 saturated heterocycles. The number of nitrogens with zero attached hydrogens (tertiary/aromatic N) is 4. The lowest BCUT2D eigenvalue weighted by Crippen LogP contribution is -2.28. The molecule has 0 aliphatic carbocycles. The van der Waals surface area contributed by atoms with Gasteiger partial charge in [0.05, 0.1) is 18.6 Å². The summed E-state index contributed by atoms with van der Waals surface area (Å²) in [5.41, 5.74) is 5.57. The van der Waals surface area contributed by atoms with Gasteiger partial charge in [0.15, 0.2) is 17.3 Å². The molecule has 0 aromatic carbocycles. The van der Waals surface area contributed by atoms with Crippen LogP contribution in [0.2, 0.25) is 0 Å². The van der Waals surface area contributed by atoms with Crippen molar-refractivity contribution in [3.05, 3.63) is 16.7 Å². The van der Waals surface area contributed by atoms with Crippen molar-refractivity contribution in [2.45, 2.75) is 38.7 Å². The van der Waals surface area contributed by atoms with Crippen LogP contribution in [-0.2, 0) is 36.4 Å². The molecule has 1 aliphatic rings. The molecule has 196 valence electrons. The summed E-state index contributed by atoms with van der Waals surface area (Å²) in [6.45, 7) is 2.50. The maximum Gasteiger partial charge on any atom is 0.490 e. The molecule has 2 aromatic heterocycles. The quantitative estimate of drug-likeness (QED) is 0.127. The maximum atomic E-state index is 12.0. The highest BCUT2D eigenvalue weighted by Crippen LogP contribution is 2.66. The van der Waals surface area contributed by atoms with Crippen LogP contribution < -0.4 is 11.3 Å². The Hall–Kier alpha value is -2.01. The Kier molecular flexibility index (Phi) is 8.00. The van der Waals surface area contributed by atoms with E-state index in [1.54, 1.807) is 13.8 Å². The van der Waals surface area contributed by atoms with Crippen LogP contribution in [0, 0.1) is 0 Å². The van der Waals surface area contributed by atoms with Crippen molar-refractivity contribution in [3.8, 4) is 0 Å². The number of hydrogen-bond acceptors (Lipinski definition) is 13. The Morgan fingerprint density at radius 2 is 1.94 bits per heavy atom. The van der Waals surface area contributed by atoms with Crippen LogP contribution in [-0.4, -0.2) is 63.6 Å². The highest BCUT2D eigenvalue weighted by molar-refractivity contribution is 7.66. The average molecular weight is 562 g/mol. The highest BCUT2D eigenvalue weighted by Gasteiger charge is 2.44. The molecule has 3 heterocycles. The molecule has 19 nitrogen and oxygen atoms in total. The SMILES string of the molecule is CC(C)=NO[C@H]1C[C@H](n2cnc3c(=O)[nH]c(N)nc32)O[C@@H]1COP(=O)(O)OP(=O)(O)OP(=O)(O)O. The molecule has 3 rings (SSSR count). The van der Waals surface area contributed by atoms with Gasteiger partial charge in [-0.2, -0.15) is 13.6 Å². The summed E-state index contributed by atoms with van der Waals surface area (Å²) >= 11 is 0. The summed E-state index contributed by atoms with van der Waals surface area (Å²) in [6, 6.07) is 0. The second-order valence-corrected chi connectivity index (χ2v) is 11.6. The Balaban J connectivity index is 1.78. The number of nitrogen functional groups attached to an aromatic ring is 1. The predicted octanol–water partition coefficient (Wildman–Crippen LogP) is 0.114. The van der Waals surface area contributed by atoms with E-state index in [0.717, 1.165) is 0 Å². The van der Waals surface area contributed by atoms with Gasteiger partial charge in [0.2, 0.25) is 5.95 Å². The first-order chi connectivity index (χ1) is 16.1. The number of oxime groups is 1. The third kappa shape index (κ3) is 7.49. The molecule has 0 radical (unpaired) electrons. The van der Waals surface area contributed by atoms with Crippen LogP contribution in [0.15, 0.2) is 16.3 Å². The van der Waals surface area contributed by atoms with Crippen LogP contribution >= 0.6 is 23.5 Å². The minimum absolute atomic E-state index is 0.0283. The monoisotopic (exact) mass is 562 g/mol. The lowest BCUT2D eigenvalue weighted by Gasteiger charge is -2.20. The first-order valence-corrected chi connectivity index (χ1v) is 13.9. The number of rotatable bonds is 10. The van der Waals surface area contributed by atoms with Gasteiger partial charge < -0.3 is 34.9 Å². The zero-order valence-electron chi connectivity index (χ0n) is 17.9. The zero-order chi connectivity index (χ0) is 26.2. The van der Waals surface area contributed by atoms with Crippen LogP contribution in [0.4, 0.5) is 5.95 Å². The van der Waals surface area contributed by atoms with Gasteiger partial charge in [-0.15, -0.1) is 0 Å². The molecule has 0 spiro atoms. The number of imidazole rings is 1. The van der Waals surface area contributed by atoms with Crippen LogP contribution in [0.25, 0.3) is 11.2 Å². The molecule has 0 amide bonds. The van der Waals surface area contributed by atoms with Gasteiger partial charge in [-0.25, -0.2) is 18.7 Å². The number of H-pyrrole nitrogens is 1. The number of phosphoric ester groups is 1. The summed E-state index contributed by atoms with van der Waals surface area (Å²) in [5.74, 6) is -0.175. The molecule has 2 unspecified atom stereocenters. The number of phosphoric acid groups is 3. The van der Waals surface area contributed by atoms with Crippen molar-refractivity contribution in [2.24, 2.45) is 5.16 Å². The molecule has 1 fully saturated rings. The highest BCUT2D eigenvalue weighted by atomic mass is 31.3. The van der Waals surface area contributed by atoms with E-state index in [-0.39, 0.29) is 23.5 Å². The second-order valence-electron chi connectivity index (χ2n) is 7.21. The molecule has 0 saturated carbocycles. The van der Waals surface area contributed by atoms with Gasteiger partial charge in [0.1, 0.15) is 12.3 Å². The Labute approximate surface area is 195 Å². The van der Waals surface area contributed by atoms with E-state index in [9.17, 15) is 28.3 Å². The fourth-order valence-corrected chi connectivity index (χ4v) is 5.96. The van der Waals surface area contributed by atoms with E-state index >= 15 is 0 Å². The number of aromatic nitrogens is 4. The topological polar surface area (TPSA) is 280 Å². The summed E-state index contributed by atoms with van der Waals surface area (Å²) < 4.78 is 53.4. The number of hydrogen-bond donors (Lipinski definition) is 6. The molecule has 7 N–H and O–H groups in total. The van der Waals surface area contributed by atoms with E-state index < -0.39 is 54.1 Å². The number of anilines is 1. The van der Waals surface area contributed by atoms with Gasteiger partial charge in [-0.1, -0.05) is 5.16 Å². The van der Waals surface area contributed by atoms with E-state index in [1.165, 1.54) is 10.9 Å². The van der Waals surface area contributed by atoms with Crippen molar-refractivity contribution < 1.29 is 56.0 Å². The number of nitrogens with one attached hydrogen (secondary N) is 1. The Morgan fingerprint density at radius 3 is 2.57 bits per heavy atom. The summed E-state index contributed by atoms with van der Waals surface area (Å²) in [5, 5.41) is 3.82. The Bertz CT molecular complexity index is 1320. The van der Waals surface area contributed by atoms with Gasteiger partial charge in [0, 0.05) is 6.42 Å². The molecular weight excluding hydrogens is 541 g/mol. The first-order valence-electron chi connectivity index (χ1n) is 9.38. The van der Waals surface area contributed by atoms with E-state index in [4.69, 9.17) is 25.1 Å².